The van der Waals surface area contributed by atoms with Crippen LogP contribution in [0.4, 0.5) is 5.69 Å². The Bertz CT molecular complexity index is 1150. The van der Waals surface area contributed by atoms with Gasteiger partial charge >= 0.3 is 213 Å². The predicted octanol–water partition coefficient (Wildman–Crippen LogP) is -1.06. The first-order valence-corrected chi connectivity index (χ1v) is 14.3. The van der Waals surface area contributed by atoms with Crippen molar-refractivity contribution in [2.45, 2.75) is 49.7 Å². The van der Waals surface area contributed by atoms with Gasteiger partial charge in [-0.05, 0) is 0 Å². The zero-order valence-corrected chi connectivity index (χ0v) is 25.1. The van der Waals surface area contributed by atoms with E-state index in [0.717, 1.165) is 68.3 Å². The van der Waals surface area contributed by atoms with Crippen molar-refractivity contribution in [2.75, 3.05) is 7.11 Å². The van der Waals surface area contributed by atoms with Crippen LogP contribution in [0.15, 0.2) is 77.0 Å². The molecular weight excluding hydrogens is 561 g/mol. The van der Waals surface area contributed by atoms with Crippen LogP contribution < -0.4 is 42.0 Å². The maximum absolute atomic E-state index is 6.72. The average Bonchev–Trinajstić information content (AvgIpc) is 2.84. The van der Waals surface area contributed by atoms with Crippen LogP contribution in [0.1, 0.15) is 45.4 Å². The van der Waals surface area contributed by atoms with E-state index in [1.807, 2.05) is 12.1 Å². The Balaban J connectivity index is 0.00000127. The zero-order chi connectivity index (χ0) is 23.1. The zero-order valence-electron chi connectivity index (χ0n) is 21.3. The fourth-order valence-corrected chi connectivity index (χ4v) is 9.12. The summed E-state index contributed by atoms with van der Waals surface area (Å²) in [5.41, 5.74) is 5.53. The summed E-state index contributed by atoms with van der Waals surface area (Å²) in [6.07, 6.45) is 12.6. The molecule has 0 N–H and O–H groups in total. The maximum Gasteiger partial charge on any atom is -1.00 e. The number of nitrogens with zero attached hydrogens (tertiary/aromatic N) is 1. The minimum atomic E-state index is -0.494. The Hall–Kier alpha value is -1.23. The van der Waals surface area contributed by atoms with Gasteiger partial charge in [0.15, 0.2) is 0 Å². The van der Waals surface area contributed by atoms with Crippen LogP contribution in [0.5, 0.6) is 5.75 Å². The van der Waals surface area contributed by atoms with Gasteiger partial charge < -0.3 is 37.2 Å². The van der Waals surface area contributed by atoms with Crippen molar-refractivity contribution < 1.29 is 64.8 Å². The number of methoxy groups -OCH3 is 1. The number of allylic oxidation sites excluding steroid dienone is 4. The summed E-state index contributed by atoms with van der Waals surface area (Å²) in [6.45, 7) is 2.18. The van der Waals surface area contributed by atoms with Crippen LogP contribution in [-0.4, -0.2) is 12.8 Å². The molecule has 0 saturated heterocycles. The van der Waals surface area contributed by atoms with Crippen molar-refractivity contribution in [3.63, 3.8) is 0 Å². The van der Waals surface area contributed by atoms with Gasteiger partial charge in [-0.25, -0.2) is 0 Å². The van der Waals surface area contributed by atoms with Crippen molar-refractivity contribution >= 4 is 11.4 Å². The Labute approximate surface area is 249 Å². The number of para-hydroxylation sites is 2. The van der Waals surface area contributed by atoms with Gasteiger partial charge in [-0.15, -0.1) is 0 Å². The third-order valence-corrected chi connectivity index (χ3v) is 10.8. The number of ether oxygens (including phenoxy) is 1. The van der Waals surface area contributed by atoms with Gasteiger partial charge in [-0.3, -0.25) is 0 Å². The molecule has 4 bridgehead atoms. The van der Waals surface area contributed by atoms with Gasteiger partial charge in [0.05, 0.1) is 0 Å². The summed E-state index contributed by atoms with van der Waals surface area (Å²) in [5, 5.41) is 0. The molecule has 2 aromatic rings. The second-order valence-corrected chi connectivity index (χ2v) is 12.4. The van der Waals surface area contributed by atoms with Crippen molar-refractivity contribution in [1.29, 1.82) is 0 Å². The van der Waals surface area contributed by atoms with Crippen molar-refractivity contribution in [3.8, 4) is 16.9 Å². The molecule has 0 spiro atoms. The number of halogens is 3. The number of aliphatic imine (C=N–C) groups is 1. The van der Waals surface area contributed by atoms with Gasteiger partial charge in [0.25, 0.3) is 0 Å². The first kappa shape index (κ1) is 30.3. The van der Waals surface area contributed by atoms with Crippen LogP contribution in [0.3, 0.4) is 0 Å². The van der Waals surface area contributed by atoms with Crippen LogP contribution >= 0.6 is 0 Å². The molecule has 0 aromatic heterocycles. The van der Waals surface area contributed by atoms with Gasteiger partial charge in [0, 0.05) is 0 Å². The Kier molecular flexibility index (Phi) is 10.8. The molecule has 0 atom stereocenters. The second-order valence-electron chi connectivity index (χ2n) is 10.7. The molecule has 0 radical (unpaired) electrons. The summed E-state index contributed by atoms with van der Waals surface area (Å²) < 4.78 is 13.2. The number of rotatable bonds is 6. The summed E-state index contributed by atoms with van der Waals surface area (Å²) in [4.78, 5) is 5.20. The fourth-order valence-electron chi connectivity index (χ4n) is 6.97. The average molecular weight is 594 g/mol. The quantitative estimate of drug-likeness (QED) is 0.400. The molecule has 0 amide bonds. The Morgan fingerprint density at radius 1 is 0.784 bits per heavy atom. The van der Waals surface area contributed by atoms with Crippen LogP contribution in [0, 0.1) is 23.7 Å². The number of hydrogen-bond acceptors (Lipinski definition) is 3. The Morgan fingerprint density at radius 2 is 1.41 bits per heavy atom. The minimum absolute atomic E-state index is 0. The third-order valence-electron chi connectivity index (χ3n) is 8.34. The van der Waals surface area contributed by atoms with Gasteiger partial charge in [-0.2, -0.15) is 0 Å². The normalized spacial score (nSPS) is 28.1. The van der Waals surface area contributed by atoms with E-state index in [9.17, 15) is 0 Å². The van der Waals surface area contributed by atoms with Crippen LogP contribution in [0.2, 0.25) is 4.22 Å². The van der Waals surface area contributed by atoms with E-state index in [2.05, 4.69) is 55.5 Å². The monoisotopic (exact) mass is 592 g/mol. The van der Waals surface area contributed by atoms with Gasteiger partial charge in [0.2, 0.25) is 0 Å². The van der Waals surface area contributed by atoms with Crippen molar-refractivity contribution in [3.05, 3.63) is 72.0 Å². The summed E-state index contributed by atoms with van der Waals surface area (Å²) in [6, 6.07) is 16.6. The number of hydrogen-bond donors (Lipinski definition) is 0. The maximum atomic E-state index is 6.72. The molecule has 0 aliphatic heterocycles. The van der Waals surface area contributed by atoms with E-state index < -0.39 is 19.5 Å². The molecule has 7 heteroatoms. The SMILES string of the molecule is COc1ccccc1-c1ccccc1N=C1CC(C)=CC=C1[O][Ti+3][CH]1C2CC3CC(C2)CC1C3.[Cl-].[Cl-].[Cl-]. The first-order chi connectivity index (χ1) is 16.7. The fraction of sp³-hybridized carbons (Fsp3) is 0.433. The van der Waals surface area contributed by atoms with Crippen LogP contribution in [0.25, 0.3) is 11.1 Å². The van der Waals surface area contributed by atoms with E-state index in [1.165, 1.54) is 37.7 Å². The predicted molar refractivity (Wildman–Crippen MR) is 134 cm³/mol. The molecule has 0 unspecified atom stereocenters. The molecule has 3 nitrogen and oxygen atoms in total. The molecule has 37 heavy (non-hydrogen) atoms. The first-order valence-electron chi connectivity index (χ1n) is 12.8. The largest absolute Gasteiger partial charge is 1.00 e. The second kappa shape index (κ2) is 13.2. The minimum Gasteiger partial charge on any atom is -1.00 e. The van der Waals surface area contributed by atoms with E-state index in [4.69, 9.17) is 13.0 Å². The standard InChI is InChI=1S/C20H19NO2.C10H15.3ClH.Ti/c1-14-11-12-19(22)18(13-14)21-17-9-5-3-7-15(17)16-8-4-6-10-20(16)23-2;1-7-2-9-4-8(1)5-10(3-7)6-9;;;;/h3-12,22H,13H2,1-2H3;1,7-10H,2-6H2;3*1H;/q;;;;;+4/p-4. The molecule has 7 rings (SSSR count). The van der Waals surface area contributed by atoms with E-state index in [1.54, 1.807) is 7.11 Å². The number of benzene rings is 2. The Morgan fingerprint density at radius 3 is 2.08 bits per heavy atom. The summed E-state index contributed by atoms with van der Waals surface area (Å²) >= 11 is -0.494. The van der Waals surface area contributed by atoms with E-state index in [0.29, 0.717) is 0 Å². The van der Waals surface area contributed by atoms with Gasteiger partial charge in [0.1, 0.15) is 0 Å². The van der Waals surface area contributed by atoms with Crippen molar-refractivity contribution in [2.24, 2.45) is 28.7 Å². The molecule has 4 fully saturated rings. The summed E-state index contributed by atoms with van der Waals surface area (Å²) in [7, 11) is 1.73. The molecule has 5 aliphatic carbocycles. The molecule has 4 saturated carbocycles. The smallest absolute Gasteiger partial charge is 1.00 e. The summed E-state index contributed by atoms with van der Waals surface area (Å²) in [5.74, 6) is 5.79. The topological polar surface area (TPSA) is 30.8 Å². The molecule has 2 aromatic carbocycles. The molecule has 5 aliphatic rings. The molecule has 0 heterocycles. The molecule has 195 valence electrons. The third kappa shape index (κ3) is 6.34. The van der Waals surface area contributed by atoms with E-state index >= 15 is 0 Å². The van der Waals surface area contributed by atoms with Gasteiger partial charge in [-0.1, -0.05) is 0 Å². The van der Waals surface area contributed by atoms with Crippen molar-refractivity contribution in [1.82, 2.24) is 0 Å². The molecular formula is C30H33Cl3NO2Ti. The van der Waals surface area contributed by atoms with E-state index in [-0.39, 0.29) is 37.2 Å². The van der Waals surface area contributed by atoms with Crippen LogP contribution in [-0.2, 0) is 22.9 Å².